The van der Waals surface area contributed by atoms with Crippen molar-refractivity contribution >= 4 is 11.7 Å². The quantitative estimate of drug-likeness (QED) is 0.498. The third-order valence-electron chi connectivity index (χ3n) is 1.75. The summed E-state index contributed by atoms with van der Waals surface area (Å²) < 4.78 is 56.8. The molecule has 4 nitrogen and oxygen atoms in total. The minimum Gasteiger partial charge on any atom is -0.465 e. The van der Waals surface area contributed by atoms with Gasteiger partial charge in [0.05, 0.1) is 12.8 Å². The molecule has 0 aromatic heterocycles. The van der Waals surface area contributed by atoms with E-state index in [0.29, 0.717) is 6.07 Å². The molecule has 1 rings (SSSR count). The van der Waals surface area contributed by atoms with Crippen molar-refractivity contribution in [1.29, 1.82) is 0 Å². The molecule has 0 spiro atoms. The SMILES string of the molecule is COC(=O)c1c(N)ccc(F)c1OC(F)(F)F. The molecule has 94 valence electrons. The van der Waals surface area contributed by atoms with Crippen LogP contribution in [0.2, 0.25) is 0 Å². The fourth-order valence-electron chi connectivity index (χ4n) is 1.10. The largest absolute Gasteiger partial charge is 0.573 e. The highest BCUT2D eigenvalue weighted by atomic mass is 19.4. The molecule has 17 heavy (non-hydrogen) atoms. The number of benzene rings is 1. The Morgan fingerprint density at radius 2 is 1.94 bits per heavy atom. The Hall–Kier alpha value is -1.99. The second-order valence-electron chi connectivity index (χ2n) is 2.88. The average Bonchev–Trinajstić information content (AvgIpc) is 2.21. The average molecular weight is 253 g/mol. The first kappa shape index (κ1) is 13.1. The Morgan fingerprint density at radius 3 is 2.41 bits per heavy atom. The predicted molar refractivity (Wildman–Crippen MR) is 48.8 cm³/mol. The van der Waals surface area contributed by atoms with Crippen LogP contribution in [0, 0.1) is 5.82 Å². The maximum Gasteiger partial charge on any atom is 0.573 e. The Morgan fingerprint density at radius 1 is 1.35 bits per heavy atom. The molecule has 1 aromatic rings. The summed E-state index contributed by atoms with van der Waals surface area (Å²) in [7, 11) is 0.921. The second-order valence-corrected chi connectivity index (χ2v) is 2.88. The van der Waals surface area contributed by atoms with Gasteiger partial charge in [-0.1, -0.05) is 0 Å². The van der Waals surface area contributed by atoms with Crippen LogP contribution in [-0.2, 0) is 4.74 Å². The lowest BCUT2D eigenvalue weighted by molar-refractivity contribution is -0.275. The Balaban J connectivity index is 3.35. The summed E-state index contributed by atoms with van der Waals surface area (Å²) >= 11 is 0. The molecule has 0 unspecified atom stereocenters. The lowest BCUT2D eigenvalue weighted by Gasteiger charge is -2.14. The van der Waals surface area contributed by atoms with Gasteiger partial charge in [0.15, 0.2) is 11.6 Å². The lowest BCUT2D eigenvalue weighted by atomic mass is 10.1. The number of nitrogen functional groups attached to an aromatic ring is 1. The number of carbonyl (C=O) groups is 1. The van der Waals surface area contributed by atoms with E-state index in [1.54, 1.807) is 0 Å². The number of ether oxygens (including phenoxy) is 2. The van der Waals surface area contributed by atoms with Gasteiger partial charge in [-0.3, -0.25) is 0 Å². The van der Waals surface area contributed by atoms with Crippen LogP contribution in [0.4, 0.5) is 23.2 Å². The molecular formula is C9H7F4NO3. The molecule has 0 aliphatic heterocycles. The third-order valence-corrected chi connectivity index (χ3v) is 1.75. The van der Waals surface area contributed by atoms with Gasteiger partial charge < -0.3 is 15.2 Å². The fourth-order valence-corrected chi connectivity index (χ4v) is 1.10. The van der Waals surface area contributed by atoms with Gasteiger partial charge in [-0.05, 0) is 12.1 Å². The molecule has 0 atom stereocenters. The number of anilines is 1. The maximum atomic E-state index is 13.2. The zero-order valence-electron chi connectivity index (χ0n) is 8.47. The highest BCUT2D eigenvalue weighted by molar-refractivity contribution is 5.98. The molecule has 8 heteroatoms. The van der Waals surface area contributed by atoms with E-state index >= 15 is 0 Å². The normalized spacial score (nSPS) is 11.1. The van der Waals surface area contributed by atoms with Crippen LogP contribution in [0.5, 0.6) is 5.75 Å². The summed E-state index contributed by atoms with van der Waals surface area (Å²) in [4.78, 5) is 11.2. The molecule has 0 amide bonds. The van der Waals surface area contributed by atoms with Crippen LogP contribution in [0.15, 0.2) is 12.1 Å². The molecule has 1 aromatic carbocycles. The number of esters is 1. The fraction of sp³-hybridized carbons (Fsp3) is 0.222. The molecule has 2 N–H and O–H groups in total. The van der Waals surface area contributed by atoms with E-state index in [1.807, 2.05) is 0 Å². The van der Waals surface area contributed by atoms with Crippen molar-refractivity contribution in [3.63, 3.8) is 0 Å². The van der Waals surface area contributed by atoms with E-state index in [4.69, 9.17) is 5.73 Å². The van der Waals surface area contributed by atoms with Gasteiger partial charge in [-0.25, -0.2) is 9.18 Å². The van der Waals surface area contributed by atoms with E-state index < -0.39 is 29.5 Å². The monoisotopic (exact) mass is 253 g/mol. The number of methoxy groups -OCH3 is 1. The molecule has 0 heterocycles. The molecule has 0 radical (unpaired) electrons. The number of nitrogens with two attached hydrogens (primary N) is 1. The second kappa shape index (κ2) is 4.48. The zero-order valence-corrected chi connectivity index (χ0v) is 8.47. The summed E-state index contributed by atoms with van der Waals surface area (Å²) in [6.07, 6.45) is -5.14. The van der Waals surface area contributed by atoms with Crippen LogP contribution >= 0.6 is 0 Å². The first-order valence-corrected chi connectivity index (χ1v) is 4.18. The van der Waals surface area contributed by atoms with Gasteiger partial charge in [0.25, 0.3) is 0 Å². The summed E-state index contributed by atoms with van der Waals surface area (Å²) in [6, 6.07) is 1.59. The maximum absolute atomic E-state index is 13.2. The minimum atomic E-state index is -5.14. The van der Waals surface area contributed by atoms with Gasteiger partial charge in [0.1, 0.15) is 5.56 Å². The number of carbonyl (C=O) groups excluding carboxylic acids is 1. The minimum absolute atomic E-state index is 0.377. The highest BCUT2D eigenvalue weighted by Crippen LogP contribution is 2.33. The standard InChI is InChI=1S/C9H7F4NO3/c1-16-8(15)6-5(14)3-2-4(10)7(6)17-9(11,12)13/h2-3H,14H2,1H3. The van der Waals surface area contributed by atoms with Crippen LogP contribution in [0.1, 0.15) is 10.4 Å². The highest BCUT2D eigenvalue weighted by Gasteiger charge is 2.35. The molecule has 0 aliphatic rings. The number of hydrogen-bond acceptors (Lipinski definition) is 4. The summed E-state index contributed by atoms with van der Waals surface area (Å²) in [5, 5.41) is 0. The van der Waals surface area contributed by atoms with Crippen molar-refractivity contribution in [2.45, 2.75) is 6.36 Å². The summed E-state index contributed by atoms with van der Waals surface area (Å²) in [5.74, 6) is -3.89. The van der Waals surface area contributed by atoms with Crippen LogP contribution in [0.25, 0.3) is 0 Å². The first-order chi connectivity index (χ1) is 7.76. The number of rotatable bonds is 2. The van der Waals surface area contributed by atoms with Crippen molar-refractivity contribution in [3.05, 3.63) is 23.5 Å². The van der Waals surface area contributed by atoms with Gasteiger partial charge in [0.2, 0.25) is 0 Å². The van der Waals surface area contributed by atoms with Crippen LogP contribution in [0.3, 0.4) is 0 Å². The molecule has 0 bridgehead atoms. The molecule has 0 saturated heterocycles. The predicted octanol–water partition coefficient (Wildman–Crippen LogP) is 2.09. The van der Waals surface area contributed by atoms with E-state index in [0.717, 1.165) is 13.2 Å². The van der Waals surface area contributed by atoms with E-state index in [1.165, 1.54) is 0 Å². The molecule has 0 saturated carbocycles. The Bertz CT molecular complexity index is 445. The van der Waals surface area contributed by atoms with Crippen molar-refractivity contribution in [1.82, 2.24) is 0 Å². The van der Waals surface area contributed by atoms with Crippen molar-refractivity contribution < 1.29 is 31.8 Å². The van der Waals surface area contributed by atoms with E-state index in [2.05, 4.69) is 9.47 Å². The Labute approximate surface area is 92.9 Å². The molecule has 0 aliphatic carbocycles. The summed E-state index contributed by atoms with van der Waals surface area (Å²) in [5.41, 5.74) is 4.09. The van der Waals surface area contributed by atoms with Gasteiger partial charge in [-0.2, -0.15) is 0 Å². The van der Waals surface area contributed by atoms with Crippen molar-refractivity contribution in [2.75, 3.05) is 12.8 Å². The van der Waals surface area contributed by atoms with Crippen molar-refractivity contribution in [3.8, 4) is 5.75 Å². The van der Waals surface area contributed by atoms with Gasteiger partial charge in [-0.15, -0.1) is 13.2 Å². The summed E-state index contributed by atoms with van der Waals surface area (Å²) in [6.45, 7) is 0. The van der Waals surface area contributed by atoms with Crippen molar-refractivity contribution in [2.24, 2.45) is 0 Å². The number of hydrogen-bond donors (Lipinski definition) is 1. The van der Waals surface area contributed by atoms with Crippen LogP contribution < -0.4 is 10.5 Å². The van der Waals surface area contributed by atoms with Gasteiger partial charge in [0, 0.05) is 0 Å². The number of halogens is 4. The van der Waals surface area contributed by atoms with Crippen LogP contribution in [-0.4, -0.2) is 19.4 Å². The molecule has 0 fully saturated rings. The third kappa shape index (κ3) is 2.99. The Kier molecular flexibility index (Phi) is 3.45. The van der Waals surface area contributed by atoms with E-state index in [9.17, 15) is 22.4 Å². The first-order valence-electron chi connectivity index (χ1n) is 4.18. The van der Waals surface area contributed by atoms with E-state index in [-0.39, 0.29) is 5.69 Å². The lowest BCUT2D eigenvalue weighted by Crippen LogP contribution is -2.21. The van der Waals surface area contributed by atoms with Gasteiger partial charge >= 0.3 is 12.3 Å². The topological polar surface area (TPSA) is 61.5 Å². The molecular weight excluding hydrogens is 246 g/mol. The zero-order chi connectivity index (χ0) is 13.2. The number of alkyl halides is 3. The smallest absolute Gasteiger partial charge is 0.465 e.